The molecule has 0 saturated heterocycles. The highest BCUT2D eigenvalue weighted by Gasteiger charge is 2.30. The number of rotatable bonds is 5. The number of hydrogen-bond acceptors (Lipinski definition) is 0. The van der Waals surface area contributed by atoms with Gasteiger partial charge in [0.15, 0.2) is 0 Å². The van der Waals surface area contributed by atoms with Gasteiger partial charge in [-0.2, -0.15) is 0 Å². The van der Waals surface area contributed by atoms with Crippen molar-refractivity contribution in [1.29, 1.82) is 0 Å². The van der Waals surface area contributed by atoms with Crippen LogP contribution in [0.15, 0.2) is 48.6 Å². The van der Waals surface area contributed by atoms with Gasteiger partial charge in [0, 0.05) is 5.56 Å². The number of benzene rings is 2. The van der Waals surface area contributed by atoms with Gasteiger partial charge < -0.3 is 0 Å². The Kier molecular flexibility index (Phi) is 6.47. The lowest BCUT2D eigenvalue weighted by Crippen LogP contribution is -2.26. The van der Waals surface area contributed by atoms with Gasteiger partial charge in [0.25, 0.3) is 0 Å². The normalized spacial score (nSPS) is 24.6. The monoisotopic (exact) mass is 394 g/mol. The van der Waals surface area contributed by atoms with E-state index in [2.05, 4.69) is 19.1 Å². The van der Waals surface area contributed by atoms with Crippen LogP contribution in [-0.2, 0) is 12.8 Å². The van der Waals surface area contributed by atoms with Gasteiger partial charge in [-0.25, -0.2) is 8.78 Å². The molecule has 1 saturated carbocycles. The van der Waals surface area contributed by atoms with Crippen molar-refractivity contribution in [2.45, 2.75) is 64.7 Å². The third kappa shape index (κ3) is 4.79. The van der Waals surface area contributed by atoms with Crippen LogP contribution in [0.5, 0.6) is 0 Å². The van der Waals surface area contributed by atoms with E-state index in [4.69, 9.17) is 0 Å². The van der Waals surface area contributed by atoms with E-state index in [0.29, 0.717) is 11.5 Å². The van der Waals surface area contributed by atoms with Gasteiger partial charge >= 0.3 is 0 Å². The molecule has 1 atom stereocenters. The molecule has 0 N–H and O–H groups in total. The first kappa shape index (κ1) is 20.3. The molecule has 1 fully saturated rings. The van der Waals surface area contributed by atoms with Gasteiger partial charge in [0.05, 0.1) is 0 Å². The molecule has 0 aromatic heterocycles. The van der Waals surface area contributed by atoms with Crippen molar-refractivity contribution >= 4 is 0 Å². The Bertz CT molecular complexity index is 842. The number of fused-ring (bicyclic) bond motifs is 1. The van der Waals surface area contributed by atoms with Gasteiger partial charge in [-0.1, -0.05) is 37.1 Å². The highest BCUT2D eigenvalue weighted by Crippen LogP contribution is 2.41. The van der Waals surface area contributed by atoms with E-state index in [0.717, 1.165) is 30.2 Å². The summed E-state index contributed by atoms with van der Waals surface area (Å²) in [4.78, 5) is 0. The highest BCUT2D eigenvalue weighted by atomic mass is 19.1. The predicted octanol–water partition coefficient (Wildman–Crippen LogP) is 7.90. The maximum absolute atomic E-state index is 14.8. The van der Waals surface area contributed by atoms with Crippen molar-refractivity contribution in [1.82, 2.24) is 0 Å². The molecule has 154 valence electrons. The van der Waals surface area contributed by atoms with Crippen LogP contribution in [0.3, 0.4) is 0 Å². The van der Waals surface area contributed by atoms with E-state index >= 15 is 0 Å². The zero-order valence-corrected chi connectivity index (χ0v) is 17.5. The second-order valence-electron chi connectivity index (χ2n) is 9.04. The average molecular weight is 395 g/mol. The maximum Gasteiger partial charge on any atom is 0.131 e. The Labute approximate surface area is 174 Å². The minimum atomic E-state index is -0.286. The third-order valence-corrected chi connectivity index (χ3v) is 7.25. The van der Waals surface area contributed by atoms with E-state index in [-0.39, 0.29) is 11.6 Å². The molecule has 2 aromatic carbocycles. The molecule has 0 aliphatic heterocycles. The summed E-state index contributed by atoms with van der Waals surface area (Å²) in [5, 5.41) is 0. The zero-order chi connectivity index (χ0) is 20.2. The largest absolute Gasteiger partial charge is 0.207 e. The molecule has 2 heteroatoms. The molecular weight excluding hydrogens is 362 g/mol. The van der Waals surface area contributed by atoms with Crippen LogP contribution < -0.4 is 0 Å². The standard InChI is InChI=1S/C27H32F2/c1-2-3-4-5-19-6-8-20(9-7-19)22-10-11-23-17-26(27(29)18-24(23)16-22)21-12-14-25(28)15-13-21/h2-3,12-15,17-20,22H,4-11,16H2,1H3/b3-2+. The Morgan fingerprint density at radius 3 is 2.38 bits per heavy atom. The van der Waals surface area contributed by atoms with Crippen molar-refractivity contribution < 1.29 is 8.78 Å². The average Bonchev–Trinajstić information content (AvgIpc) is 2.74. The van der Waals surface area contributed by atoms with Crippen LogP contribution in [0.4, 0.5) is 8.78 Å². The van der Waals surface area contributed by atoms with Gasteiger partial charge in [-0.05, 0) is 111 Å². The van der Waals surface area contributed by atoms with E-state index in [1.165, 1.54) is 68.2 Å². The summed E-state index contributed by atoms with van der Waals surface area (Å²) < 4.78 is 28.0. The molecule has 2 aliphatic rings. The summed E-state index contributed by atoms with van der Waals surface area (Å²) in [6.45, 7) is 2.10. The van der Waals surface area contributed by atoms with E-state index in [1.54, 1.807) is 18.2 Å². The smallest absolute Gasteiger partial charge is 0.131 e. The molecule has 29 heavy (non-hydrogen) atoms. The summed E-state index contributed by atoms with van der Waals surface area (Å²) in [6.07, 6.45) is 15.7. The SMILES string of the molecule is C/C=C/CCC1CCC(C2CCc3cc(-c4ccc(F)cc4)c(F)cc3C2)CC1. The molecular formula is C27H32F2. The molecule has 0 radical (unpaired) electrons. The summed E-state index contributed by atoms with van der Waals surface area (Å²) in [6, 6.07) is 9.90. The minimum Gasteiger partial charge on any atom is -0.207 e. The van der Waals surface area contributed by atoms with Crippen LogP contribution in [-0.4, -0.2) is 0 Å². The number of hydrogen-bond donors (Lipinski definition) is 0. The molecule has 0 bridgehead atoms. The molecule has 4 rings (SSSR count). The molecule has 0 heterocycles. The zero-order valence-electron chi connectivity index (χ0n) is 17.5. The fourth-order valence-electron chi connectivity index (χ4n) is 5.51. The second-order valence-corrected chi connectivity index (χ2v) is 9.04. The quantitative estimate of drug-likeness (QED) is 0.452. The summed E-state index contributed by atoms with van der Waals surface area (Å²) >= 11 is 0. The van der Waals surface area contributed by atoms with E-state index < -0.39 is 0 Å². The summed E-state index contributed by atoms with van der Waals surface area (Å²) in [5.74, 6) is 1.94. The van der Waals surface area contributed by atoms with Crippen molar-refractivity contribution in [3.05, 3.63) is 71.3 Å². The van der Waals surface area contributed by atoms with Gasteiger partial charge in [-0.15, -0.1) is 0 Å². The van der Waals surface area contributed by atoms with Crippen molar-refractivity contribution in [3.63, 3.8) is 0 Å². The first-order valence-electron chi connectivity index (χ1n) is 11.3. The lowest BCUT2D eigenvalue weighted by Gasteiger charge is -2.36. The van der Waals surface area contributed by atoms with Crippen LogP contribution >= 0.6 is 0 Å². The van der Waals surface area contributed by atoms with Crippen LogP contribution in [0, 0.1) is 29.4 Å². The first-order chi connectivity index (χ1) is 14.1. The molecule has 2 aliphatic carbocycles. The Morgan fingerprint density at radius 1 is 0.897 bits per heavy atom. The molecule has 1 unspecified atom stereocenters. The van der Waals surface area contributed by atoms with Crippen molar-refractivity contribution in [2.75, 3.05) is 0 Å². The van der Waals surface area contributed by atoms with Gasteiger partial charge in [-0.3, -0.25) is 0 Å². The molecule has 0 spiro atoms. The molecule has 0 amide bonds. The van der Waals surface area contributed by atoms with Crippen molar-refractivity contribution in [3.8, 4) is 11.1 Å². The lowest BCUT2D eigenvalue weighted by atomic mass is 9.69. The lowest BCUT2D eigenvalue weighted by molar-refractivity contribution is 0.185. The fraction of sp³-hybridized carbons (Fsp3) is 0.481. The van der Waals surface area contributed by atoms with E-state index in [9.17, 15) is 8.78 Å². The minimum absolute atomic E-state index is 0.177. The Hall–Kier alpha value is -1.96. The number of halogens is 2. The summed E-state index contributed by atoms with van der Waals surface area (Å²) in [7, 11) is 0. The first-order valence-corrected chi connectivity index (χ1v) is 11.3. The highest BCUT2D eigenvalue weighted by molar-refractivity contribution is 5.66. The van der Waals surface area contributed by atoms with E-state index in [1.807, 2.05) is 6.07 Å². The molecule has 2 aromatic rings. The Morgan fingerprint density at radius 2 is 1.66 bits per heavy atom. The number of allylic oxidation sites excluding steroid dienone is 2. The Balaban J connectivity index is 1.40. The fourth-order valence-corrected chi connectivity index (χ4v) is 5.51. The van der Waals surface area contributed by atoms with Crippen LogP contribution in [0.1, 0.15) is 63.0 Å². The van der Waals surface area contributed by atoms with Gasteiger partial charge in [0.1, 0.15) is 11.6 Å². The second kappa shape index (κ2) is 9.24. The van der Waals surface area contributed by atoms with Gasteiger partial charge in [0.2, 0.25) is 0 Å². The van der Waals surface area contributed by atoms with Crippen LogP contribution in [0.25, 0.3) is 11.1 Å². The third-order valence-electron chi connectivity index (χ3n) is 7.25. The topological polar surface area (TPSA) is 0 Å². The van der Waals surface area contributed by atoms with Crippen molar-refractivity contribution in [2.24, 2.45) is 17.8 Å². The maximum atomic E-state index is 14.8. The number of aryl methyl sites for hydroxylation is 1. The summed E-state index contributed by atoms with van der Waals surface area (Å²) in [5.41, 5.74) is 3.83. The predicted molar refractivity (Wildman–Crippen MR) is 117 cm³/mol. The molecule has 0 nitrogen and oxygen atoms in total. The van der Waals surface area contributed by atoms with Crippen LogP contribution in [0.2, 0.25) is 0 Å².